The summed E-state index contributed by atoms with van der Waals surface area (Å²) in [6.45, 7) is 2.27. The van der Waals surface area contributed by atoms with Crippen LogP contribution in [0.1, 0.15) is 23.8 Å². The van der Waals surface area contributed by atoms with Crippen molar-refractivity contribution in [3.63, 3.8) is 0 Å². The van der Waals surface area contributed by atoms with Crippen LogP contribution in [0.5, 0.6) is 0 Å². The van der Waals surface area contributed by atoms with Crippen LogP contribution in [0.25, 0.3) is 10.6 Å². The topological polar surface area (TPSA) is 81.4 Å². The summed E-state index contributed by atoms with van der Waals surface area (Å²) in [5.41, 5.74) is 0.192. The Bertz CT molecular complexity index is 577. The number of carbonyl (C=O) groups is 2. The third-order valence-electron chi connectivity index (χ3n) is 2.43. The van der Waals surface area contributed by atoms with E-state index in [1.165, 1.54) is 11.3 Å². The van der Waals surface area contributed by atoms with Gasteiger partial charge in [0.05, 0.1) is 17.9 Å². The minimum absolute atomic E-state index is 0.134. The zero-order valence-electron chi connectivity index (χ0n) is 10.9. The number of amides is 1. The van der Waals surface area contributed by atoms with Crippen LogP contribution >= 0.6 is 11.3 Å². The SMILES string of the molecule is CCOC(=O)CCNC(=O)c1cc(-c2cccs2)on1. The molecule has 2 rings (SSSR count). The zero-order valence-corrected chi connectivity index (χ0v) is 11.7. The smallest absolute Gasteiger partial charge is 0.307 e. The van der Waals surface area contributed by atoms with Gasteiger partial charge in [-0.05, 0) is 18.4 Å². The molecule has 0 aromatic carbocycles. The van der Waals surface area contributed by atoms with Crippen molar-refractivity contribution >= 4 is 23.2 Å². The molecule has 2 aromatic rings. The highest BCUT2D eigenvalue weighted by Crippen LogP contribution is 2.24. The van der Waals surface area contributed by atoms with E-state index in [1.54, 1.807) is 13.0 Å². The summed E-state index contributed by atoms with van der Waals surface area (Å²) in [5, 5.41) is 8.21. The average molecular weight is 294 g/mol. The molecule has 6 nitrogen and oxygen atoms in total. The van der Waals surface area contributed by atoms with Gasteiger partial charge in [-0.1, -0.05) is 11.2 Å². The number of aromatic nitrogens is 1. The first-order valence-electron chi connectivity index (χ1n) is 6.15. The molecule has 0 spiro atoms. The van der Waals surface area contributed by atoms with E-state index in [0.717, 1.165) is 4.88 Å². The fraction of sp³-hybridized carbons (Fsp3) is 0.308. The van der Waals surface area contributed by atoms with Gasteiger partial charge in [0.15, 0.2) is 11.5 Å². The predicted molar refractivity (Wildman–Crippen MR) is 73.4 cm³/mol. The Morgan fingerprint density at radius 2 is 2.35 bits per heavy atom. The van der Waals surface area contributed by atoms with Crippen molar-refractivity contribution in [2.75, 3.05) is 13.2 Å². The van der Waals surface area contributed by atoms with Crippen molar-refractivity contribution in [3.05, 3.63) is 29.3 Å². The van der Waals surface area contributed by atoms with E-state index >= 15 is 0 Å². The number of esters is 1. The second-order valence-corrected chi connectivity index (χ2v) is 4.81. The van der Waals surface area contributed by atoms with Crippen LogP contribution in [0.3, 0.4) is 0 Å². The number of hydrogen-bond donors (Lipinski definition) is 1. The molecule has 0 fully saturated rings. The molecule has 0 unspecified atom stereocenters. The quantitative estimate of drug-likeness (QED) is 0.825. The van der Waals surface area contributed by atoms with Gasteiger partial charge in [-0.2, -0.15) is 0 Å². The van der Waals surface area contributed by atoms with Gasteiger partial charge in [0, 0.05) is 12.6 Å². The Hall–Kier alpha value is -2.15. The van der Waals surface area contributed by atoms with Crippen LogP contribution in [0.2, 0.25) is 0 Å². The lowest BCUT2D eigenvalue weighted by molar-refractivity contribution is -0.142. The van der Waals surface area contributed by atoms with Crippen molar-refractivity contribution in [2.45, 2.75) is 13.3 Å². The summed E-state index contributed by atoms with van der Waals surface area (Å²) in [6.07, 6.45) is 0.134. The first-order chi connectivity index (χ1) is 9.70. The van der Waals surface area contributed by atoms with E-state index in [9.17, 15) is 9.59 Å². The number of rotatable bonds is 6. The van der Waals surface area contributed by atoms with Crippen molar-refractivity contribution in [1.29, 1.82) is 0 Å². The Labute approximate surface area is 119 Å². The number of nitrogens with one attached hydrogen (secondary N) is 1. The molecule has 2 heterocycles. The lowest BCUT2D eigenvalue weighted by atomic mass is 10.3. The van der Waals surface area contributed by atoms with Gasteiger partial charge in [-0.15, -0.1) is 11.3 Å². The number of hydrogen-bond acceptors (Lipinski definition) is 6. The maximum atomic E-state index is 11.8. The van der Waals surface area contributed by atoms with Gasteiger partial charge in [0.1, 0.15) is 0 Å². The van der Waals surface area contributed by atoms with Crippen molar-refractivity contribution in [2.24, 2.45) is 0 Å². The molecule has 0 aliphatic heterocycles. The molecule has 1 N–H and O–H groups in total. The van der Waals surface area contributed by atoms with Crippen LogP contribution in [0.4, 0.5) is 0 Å². The first kappa shape index (κ1) is 14.3. The van der Waals surface area contributed by atoms with Crippen molar-refractivity contribution in [3.8, 4) is 10.6 Å². The highest BCUT2D eigenvalue weighted by molar-refractivity contribution is 7.13. The van der Waals surface area contributed by atoms with Crippen LogP contribution in [0, 0.1) is 0 Å². The van der Waals surface area contributed by atoms with Gasteiger partial charge in [0.2, 0.25) is 0 Å². The van der Waals surface area contributed by atoms with Crippen molar-refractivity contribution < 1.29 is 18.8 Å². The lowest BCUT2D eigenvalue weighted by Crippen LogP contribution is -2.26. The summed E-state index contributed by atoms with van der Waals surface area (Å²) in [6, 6.07) is 5.35. The summed E-state index contributed by atoms with van der Waals surface area (Å²) < 4.78 is 9.86. The fourth-order valence-corrected chi connectivity index (χ4v) is 2.19. The van der Waals surface area contributed by atoms with Crippen LogP contribution < -0.4 is 5.32 Å². The molecule has 0 radical (unpaired) electrons. The Kier molecular flexibility index (Phi) is 4.89. The molecule has 106 valence electrons. The fourth-order valence-electron chi connectivity index (χ4n) is 1.52. The monoisotopic (exact) mass is 294 g/mol. The third-order valence-corrected chi connectivity index (χ3v) is 3.31. The summed E-state index contributed by atoms with van der Waals surface area (Å²) in [7, 11) is 0. The van der Waals surface area contributed by atoms with E-state index in [1.807, 2.05) is 17.5 Å². The van der Waals surface area contributed by atoms with Crippen molar-refractivity contribution in [1.82, 2.24) is 10.5 Å². The maximum Gasteiger partial charge on any atom is 0.307 e. The molecular weight excluding hydrogens is 280 g/mol. The van der Waals surface area contributed by atoms with Crippen LogP contribution in [0.15, 0.2) is 28.1 Å². The average Bonchev–Trinajstić information content (AvgIpc) is 3.10. The minimum Gasteiger partial charge on any atom is -0.466 e. The minimum atomic E-state index is -0.374. The highest BCUT2D eigenvalue weighted by atomic mass is 32.1. The normalized spacial score (nSPS) is 10.2. The molecule has 0 saturated carbocycles. The largest absolute Gasteiger partial charge is 0.466 e. The van der Waals surface area contributed by atoms with Crippen LogP contribution in [-0.4, -0.2) is 30.2 Å². The zero-order chi connectivity index (χ0) is 14.4. The van der Waals surface area contributed by atoms with E-state index < -0.39 is 0 Å². The molecule has 0 saturated heterocycles. The number of ether oxygens (including phenoxy) is 1. The molecule has 0 atom stereocenters. The van der Waals surface area contributed by atoms with Crippen LogP contribution in [-0.2, 0) is 9.53 Å². The van der Waals surface area contributed by atoms with Gasteiger partial charge in [0.25, 0.3) is 5.91 Å². The first-order valence-corrected chi connectivity index (χ1v) is 7.03. The molecule has 2 aromatic heterocycles. The predicted octanol–water partition coefficient (Wildman–Crippen LogP) is 2.09. The summed E-state index contributed by atoms with van der Waals surface area (Å²) in [4.78, 5) is 23.8. The molecule has 20 heavy (non-hydrogen) atoms. The molecule has 0 aliphatic carbocycles. The summed E-state index contributed by atoms with van der Waals surface area (Å²) >= 11 is 1.50. The Morgan fingerprint density at radius 1 is 1.50 bits per heavy atom. The van der Waals surface area contributed by atoms with E-state index in [2.05, 4.69) is 10.5 Å². The molecule has 1 amide bonds. The number of carbonyl (C=O) groups excluding carboxylic acids is 2. The molecule has 0 aliphatic rings. The lowest BCUT2D eigenvalue weighted by Gasteiger charge is -2.02. The van der Waals surface area contributed by atoms with E-state index in [-0.39, 0.29) is 30.5 Å². The second-order valence-electron chi connectivity index (χ2n) is 3.86. The summed E-state index contributed by atoms with van der Waals surface area (Å²) in [5.74, 6) is -0.163. The van der Waals surface area contributed by atoms with Gasteiger partial charge < -0.3 is 14.6 Å². The van der Waals surface area contributed by atoms with E-state index in [0.29, 0.717) is 12.4 Å². The second kappa shape index (κ2) is 6.85. The van der Waals surface area contributed by atoms with Gasteiger partial charge in [-0.25, -0.2) is 0 Å². The van der Waals surface area contributed by atoms with Gasteiger partial charge >= 0.3 is 5.97 Å². The third kappa shape index (κ3) is 3.67. The molecule has 0 bridgehead atoms. The van der Waals surface area contributed by atoms with E-state index in [4.69, 9.17) is 9.26 Å². The maximum absolute atomic E-state index is 11.8. The molecular formula is C13H14N2O4S. The Morgan fingerprint density at radius 3 is 3.05 bits per heavy atom. The number of nitrogens with zero attached hydrogens (tertiary/aromatic N) is 1. The Balaban J connectivity index is 1.86. The molecule has 7 heteroatoms. The highest BCUT2D eigenvalue weighted by Gasteiger charge is 2.14. The van der Waals surface area contributed by atoms with Gasteiger partial charge in [-0.3, -0.25) is 9.59 Å². The number of thiophene rings is 1. The standard InChI is InChI=1S/C13H14N2O4S/c1-2-18-12(16)5-6-14-13(17)9-8-10(19-15-9)11-4-3-7-20-11/h3-4,7-8H,2,5-6H2,1H3,(H,14,17).